The van der Waals surface area contributed by atoms with Gasteiger partial charge < -0.3 is 5.32 Å². The Morgan fingerprint density at radius 3 is 2.12 bits per heavy atom. The standard InChI is InChI=1S/C17H19FN2O3S/c1-3-12(2)17(21)19-14-6-8-15(9-7-14)20-24(22,23)16-10-4-13(18)5-11-16/h4-12,20H,3H2,1-2H3,(H,19,21). The number of amides is 1. The number of carbonyl (C=O) groups excluding carboxylic acids is 1. The molecular formula is C17H19FN2O3S. The summed E-state index contributed by atoms with van der Waals surface area (Å²) in [7, 11) is -3.79. The largest absolute Gasteiger partial charge is 0.326 e. The molecule has 128 valence electrons. The fourth-order valence-electron chi connectivity index (χ4n) is 1.90. The fourth-order valence-corrected chi connectivity index (χ4v) is 2.96. The average molecular weight is 350 g/mol. The summed E-state index contributed by atoms with van der Waals surface area (Å²) in [4.78, 5) is 11.8. The first kappa shape index (κ1) is 17.9. The molecule has 0 heterocycles. The number of anilines is 2. The molecule has 0 saturated heterocycles. The predicted molar refractivity (Wildman–Crippen MR) is 91.7 cm³/mol. The van der Waals surface area contributed by atoms with Crippen LogP contribution in [0.3, 0.4) is 0 Å². The first-order chi connectivity index (χ1) is 11.3. The summed E-state index contributed by atoms with van der Waals surface area (Å²) in [6.45, 7) is 3.76. The molecule has 1 atom stereocenters. The van der Waals surface area contributed by atoms with Crippen molar-refractivity contribution in [2.45, 2.75) is 25.2 Å². The Morgan fingerprint density at radius 1 is 1.04 bits per heavy atom. The van der Waals surface area contributed by atoms with E-state index in [4.69, 9.17) is 0 Å². The monoisotopic (exact) mass is 350 g/mol. The van der Waals surface area contributed by atoms with E-state index < -0.39 is 15.8 Å². The van der Waals surface area contributed by atoms with Gasteiger partial charge in [0, 0.05) is 17.3 Å². The van der Waals surface area contributed by atoms with Gasteiger partial charge in [0.05, 0.1) is 4.90 Å². The summed E-state index contributed by atoms with van der Waals surface area (Å²) in [5.74, 6) is -0.686. The van der Waals surface area contributed by atoms with Crippen molar-refractivity contribution in [3.05, 3.63) is 54.3 Å². The Morgan fingerprint density at radius 2 is 1.58 bits per heavy atom. The van der Waals surface area contributed by atoms with Gasteiger partial charge in [-0.2, -0.15) is 0 Å². The lowest BCUT2D eigenvalue weighted by Gasteiger charge is -2.11. The van der Waals surface area contributed by atoms with Crippen LogP contribution in [0.1, 0.15) is 20.3 Å². The van der Waals surface area contributed by atoms with Crippen LogP contribution in [0, 0.1) is 11.7 Å². The number of hydrogen-bond donors (Lipinski definition) is 2. The normalized spacial score (nSPS) is 12.5. The molecule has 1 unspecified atom stereocenters. The second-order valence-electron chi connectivity index (χ2n) is 5.44. The number of benzene rings is 2. The summed E-state index contributed by atoms with van der Waals surface area (Å²) in [6, 6.07) is 10.9. The van der Waals surface area contributed by atoms with Crippen LogP contribution in [-0.2, 0) is 14.8 Å². The molecule has 1 amide bonds. The maximum atomic E-state index is 12.9. The van der Waals surface area contributed by atoms with Gasteiger partial charge in [-0.25, -0.2) is 12.8 Å². The van der Waals surface area contributed by atoms with E-state index in [0.29, 0.717) is 11.4 Å². The zero-order chi connectivity index (χ0) is 17.7. The highest BCUT2D eigenvalue weighted by molar-refractivity contribution is 7.92. The molecule has 24 heavy (non-hydrogen) atoms. The van der Waals surface area contributed by atoms with Crippen LogP contribution >= 0.6 is 0 Å². The van der Waals surface area contributed by atoms with Crippen molar-refractivity contribution < 1.29 is 17.6 Å². The van der Waals surface area contributed by atoms with Gasteiger partial charge in [0.15, 0.2) is 0 Å². The summed E-state index contributed by atoms with van der Waals surface area (Å²) >= 11 is 0. The second-order valence-corrected chi connectivity index (χ2v) is 7.12. The molecule has 0 aliphatic rings. The molecule has 0 fully saturated rings. The first-order valence-electron chi connectivity index (χ1n) is 7.51. The molecule has 0 aromatic heterocycles. The Bertz CT molecular complexity index is 803. The third kappa shape index (κ3) is 4.55. The van der Waals surface area contributed by atoms with E-state index in [2.05, 4.69) is 10.0 Å². The van der Waals surface area contributed by atoms with Crippen LogP contribution in [0.2, 0.25) is 0 Å². The zero-order valence-electron chi connectivity index (χ0n) is 13.4. The number of halogens is 1. The summed E-state index contributed by atoms with van der Waals surface area (Å²) in [5.41, 5.74) is 0.936. The van der Waals surface area contributed by atoms with E-state index >= 15 is 0 Å². The molecule has 5 nitrogen and oxygen atoms in total. The topological polar surface area (TPSA) is 75.3 Å². The molecule has 7 heteroatoms. The van der Waals surface area contributed by atoms with Crippen LogP contribution in [0.5, 0.6) is 0 Å². The molecule has 0 aliphatic carbocycles. The number of carbonyl (C=O) groups is 1. The minimum absolute atomic E-state index is 0.0296. The van der Waals surface area contributed by atoms with Crippen LogP contribution in [0.4, 0.5) is 15.8 Å². The number of hydrogen-bond acceptors (Lipinski definition) is 3. The van der Waals surface area contributed by atoms with Gasteiger partial charge in [-0.05, 0) is 55.0 Å². The van der Waals surface area contributed by atoms with Crippen molar-refractivity contribution in [2.75, 3.05) is 10.0 Å². The number of sulfonamides is 1. The van der Waals surface area contributed by atoms with Gasteiger partial charge >= 0.3 is 0 Å². The maximum absolute atomic E-state index is 12.9. The van der Waals surface area contributed by atoms with Crippen molar-refractivity contribution in [3.63, 3.8) is 0 Å². The van der Waals surface area contributed by atoms with E-state index in [1.54, 1.807) is 24.3 Å². The fraction of sp³-hybridized carbons (Fsp3) is 0.235. The SMILES string of the molecule is CCC(C)C(=O)Nc1ccc(NS(=O)(=O)c2ccc(F)cc2)cc1. The third-order valence-electron chi connectivity index (χ3n) is 3.59. The lowest BCUT2D eigenvalue weighted by molar-refractivity contribution is -0.119. The lowest BCUT2D eigenvalue weighted by atomic mass is 10.1. The van der Waals surface area contributed by atoms with E-state index in [1.807, 2.05) is 13.8 Å². The van der Waals surface area contributed by atoms with Crippen LogP contribution in [-0.4, -0.2) is 14.3 Å². The van der Waals surface area contributed by atoms with Gasteiger partial charge in [-0.1, -0.05) is 13.8 Å². The van der Waals surface area contributed by atoms with Crippen molar-refractivity contribution in [1.82, 2.24) is 0 Å². The highest BCUT2D eigenvalue weighted by atomic mass is 32.2. The van der Waals surface area contributed by atoms with Crippen LogP contribution in [0.25, 0.3) is 0 Å². The van der Waals surface area contributed by atoms with Gasteiger partial charge in [-0.15, -0.1) is 0 Å². The highest BCUT2D eigenvalue weighted by Crippen LogP contribution is 2.19. The quantitative estimate of drug-likeness (QED) is 0.836. The third-order valence-corrected chi connectivity index (χ3v) is 4.99. The average Bonchev–Trinajstić information content (AvgIpc) is 2.56. The van der Waals surface area contributed by atoms with Gasteiger partial charge in [0.25, 0.3) is 10.0 Å². The predicted octanol–water partition coefficient (Wildman–Crippen LogP) is 3.61. The van der Waals surface area contributed by atoms with E-state index in [1.165, 1.54) is 12.1 Å². The summed E-state index contributed by atoms with van der Waals surface area (Å²) in [5, 5.41) is 2.76. The summed E-state index contributed by atoms with van der Waals surface area (Å²) in [6.07, 6.45) is 0.737. The molecule has 0 saturated carbocycles. The molecule has 0 radical (unpaired) electrons. The number of nitrogens with one attached hydrogen (secondary N) is 2. The second kappa shape index (κ2) is 7.44. The molecule has 0 aliphatic heterocycles. The van der Waals surface area contributed by atoms with Crippen molar-refractivity contribution >= 4 is 27.3 Å². The Balaban J connectivity index is 2.08. The highest BCUT2D eigenvalue weighted by Gasteiger charge is 2.14. The Hall–Kier alpha value is -2.41. The van der Waals surface area contributed by atoms with Crippen molar-refractivity contribution in [1.29, 1.82) is 0 Å². The van der Waals surface area contributed by atoms with Crippen LogP contribution in [0.15, 0.2) is 53.4 Å². The molecule has 2 rings (SSSR count). The van der Waals surface area contributed by atoms with E-state index in [-0.39, 0.29) is 16.7 Å². The summed E-state index contributed by atoms with van der Waals surface area (Å²) < 4.78 is 39.7. The van der Waals surface area contributed by atoms with Crippen LogP contribution < -0.4 is 10.0 Å². The maximum Gasteiger partial charge on any atom is 0.261 e. The van der Waals surface area contributed by atoms with Crippen molar-refractivity contribution in [3.8, 4) is 0 Å². The number of rotatable bonds is 6. The molecule has 2 aromatic rings. The molecule has 0 bridgehead atoms. The first-order valence-corrected chi connectivity index (χ1v) is 8.99. The molecule has 2 N–H and O–H groups in total. The minimum atomic E-state index is -3.79. The van der Waals surface area contributed by atoms with Gasteiger partial charge in [-0.3, -0.25) is 9.52 Å². The molecular weight excluding hydrogens is 331 g/mol. The van der Waals surface area contributed by atoms with E-state index in [9.17, 15) is 17.6 Å². The Kier molecular flexibility index (Phi) is 5.56. The minimum Gasteiger partial charge on any atom is -0.326 e. The smallest absolute Gasteiger partial charge is 0.261 e. The van der Waals surface area contributed by atoms with E-state index in [0.717, 1.165) is 18.6 Å². The molecule has 2 aromatic carbocycles. The lowest BCUT2D eigenvalue weighted by Crippen LogP contribution is -2.19. The van der Waals surface area contributed by atoms with Gasteiger partial charge in [0.1, 0.15) is 5.82 Å². The van der Waals surface area contributed by atoms with Gasteiger partial charge in [0.2, 0.25) is 5.91 Å². The zero-order valence-corrected chi connectivity index (χ0v) is 14.2. The van der Waals surface area contributed by atoms with Crippen molar-refractivity contribution in [2.24, 2.45) is 5.92 Å². The Labute approximate surface area is 141 Å². The molecule has 0 spiro atoms.